The van der Waals surface area contributed by atoms with Gasteiger partial charge in [0.1, 0.15) is 0 Å². The SMILES string of the molecule is CCCCN(C)/N=N/c1nc[nH]c1C(=O)OC. The van der Waals surface area contributed by atoms with Crippen LogP contribution < -0.4 is 0 Å². The maximum atomic E-state index is 11.3. The number of esters is 1. The summed E-state index contributed by atoms with van der Waals surface area (Å²) >= 11 is 0. The molecule has 0 saturated heterocycles. The van der Waals surface area contributed by atoms with Crippen LogP contribution in [0, 0.1) is 0 Å². The largest absolute Gasteiger partial charge is 0.464 e. The van der Waals surface area contributed by atoms with Crippen LogP contribution >= 0.6 is 0 Å². The molecule has 0 aromatic carbocycles. The number of H-pyrrole nitrogens is 1. The number of ether oxygens (including phenoxy) is 1. The summed E-state index contributed by atoms with van der Waals surface area (Å²) in [6, 6.07) is 0. The van der Waals surface area contributed by atoms with Gasteiger partial charge in [-0.3, -0.25) is 5.01 Å². The molecular formula is C10H17N5O2. The zero-order chi connectivity index (χ0) is 12.7. The molecule has 17 heavy (non-hydrogen) atoms. The molecule has 1 heterocycles. The van der Waals surface area contributed by atoms with Gasteiger partial charge in [0.05, 0.1) is 13.4 Å². The van der Waals surface area contributed by atoms with E-state index in [1.54, 1.807) is 5.01 Å². The third kappa shape index (κ3) is 3.86. The predicted octanol–water partition coefficient (Wildman–Crippen LogP) is 1.93. The summed E-state index contributed by atoms with van der Waals surface area (Å²) in [5, 5.41) is 9.55. The molecule has 7 nitrogen and oxygen atoms in total. The Morgan fingerprint density at radius 3 is 3.06 bits per heavy atom. The van der Waals surface area contributed by atoms with E-state index in [1.165, 1.54) is 13.4 Å². The lowest BCUT2D eigenvalue weighted by atomic mass is 10.3. The molecule has 0 spiro atoms. The van der Waals surface area contributed by atoms with Crippen LogP contribution in [0.2, 0.25) is 0 Å². The second kappa shape index (κ2) is 6.62. The summed E-state index contributed by atoms with van der Waals surface area (Å²) in [7, 11) is 3.13. The molecule has 0 radical (unpaired) electrons. The first kappa shape index (κ1) is 13.1. The molecule has 0 aliphatic carbocycles. The number of hydrogen-bond donors (Lipinski definition) is 1. The fourth-order valence-electron chi connectivity index (χ4n) is 1.17. The normalized spacial score (nSPS) is 10.8. The van der Waals surface area contributed by atoms with Gasteiger partial charge in [-0.2, -0.15) is 0 Å². The zero-order valence-electron chi connectivity index (χ0n) is 10.3. The van der Waals surface area contributed by atoms with Gasteiger partial charge in [-0.25, -0.2) is 9.78 Å². The molecule has 1 aromatic rings. The fraction of sp³-hybridized carbons (Fsp3) is 0.600. The van der Waals surface area contributed by atoms with E-state index in [0.29, 0.717) is 0 Å². The Bertz CT molecular complexity index is 388. The van der Waals surface area contributed by atoms with Crippen molar-refractivity contribution in [3.05, 3.63) is 12.0 Å². The molecule has 1 N–H and O–H groups in total. The van der Waals surface area contributed by atoms with Gasteiger partial charge in [0, 0.05) is 13.6 Å². The average Bonchev–Trinajstić information content (AvgIpc) is 2.81. The van der Waals surface area contributed by atoms with Crippen LogP contribution in [0.5, 0.6) is 0 Å². The number of aromatic nitrogens is 2. The van der Waals surface area contributed by atoms with Crippen LogP contribution in [0.1, 0.15) is 30.3 Å². The van der Waals surface area contributed by atoms with Gasteiger partial charge in [0.2, 0.25) is 5.82 Å². The summed E-state index contributed by atoms with van der Waals surface area (Å²) in [5.74, 6) is -0.271. The molecule has 0 saturated carbocycles. The van der Waals surface area contributed by atoms with Crippen molar-refractivity contribution in [3.8, 4) is 0 Å². The van der Waals surface area contributed by atoms with Crippen LogP contribution in [-0.2, 0) is 4.74 Å². The minimum absolute atomic E-state index is 0.208. The number of hydrogen-bond acceptors (Lipinski definition) is 5. The van der Waals surface area contributed by atoms with E-state index < -0.39 is 5.97 Å². The number of methoxy groups -OCH3 is 1. The Labute approximate surface area is 99.9 Å². The van der Waals surface area contributed by atoms with E-state index in [-0.39, 0.29) is 11.5 Å². The van der Waals surface area contributed by atoms with Crippen molar-refractivity contribution in [1.29, 1.82) is 0 Å². The summed E-state index contributed by atoms with van der Waals surface area (Å²) < 4.78 is 4.58. The Morgan fingerprint density at radius 1 is 1.65 bits per heavy atom. The lowest BCUT2D eigenvalue weighted by molar-refractivity contribution is 0.0595. The number of rotatable bonds is 6. The number of aromatic amines is 1. The van der Waals surface area contributed by atoms with Gasteiger partial charge >= 0.3 is 5.97 Å². The molecule has 0 aliphatic heterocycles. The highest BCUT2D eigenvalue weighted by molar-refractivity contribution is 5.91. The van der Waals surface area contributed by atoms with E-state index in [4.69, 9.17) is 0 Å². The first-order valence-electron chi connectivity index (χ1n) is 5.43. The Kier molecular flexibility index (Phi) is 5.12. The third-order valence-corrected chi connectivity index (χ3v) is 2.14. The second-order valence-electron chi connectivity index (χ2n) is 3.52. The maximum Gasteiger partial charge on any atom is 0.358 e. The topological polar surface area (TPSA) is 82.9 Å². The highest BCUT2D eigenvalue weighted by atomic mass is 16.5. The van der Waals surface area contributed by atoms with E-state index in [9.17, 15) is 4.79 Å². The van der Waals surface area contributed by atoms with Crippen LogP contribution in [0.15, 0.2) is 16.7 Å². The van der Waals surface area contributed by atoms with Crippen LogP contribution in [0.4, 0.5) is 5.82 Å². The van der Waals surface area contributed by atoms with Crippen LogP contribution in [0.25, 0.3) is 0 Å². The van der Waals surface area contributed by atoms with Gasteiger partial charge in [0.25, 0.3) is 0 Å². The van der Waals surface area contributed by atoms with Gasteiger partial charge in [0.15, 0.2) is 5.69 Å². The summed E-state index contributed by atoms with van der Waals surface area (Å²) in [4.78, 5) is 17.9. The van der Waals surface area contributed by atoms with Crippen LogP contribution in [-0.4, -0.2) is 41.6 Å². The third-order valence-electron chi connectivity index (χ3n) is 2.14. The quantitative estimate of drug-likeness (QED) is 0.467. The minimum Gasteiger partial charge on any atom is -0.464 e. The molecule has 1 aromatic heterocycles. The fourth-order valence-corrected chi connectivity index (χ4v) is 1.17. The summed E-state index contributed by atoms with van der Waals surface area (Å²) in [5.41, 5.74) is 0.208. The van der Waals surface area contributed by atoms with Crippen molar-refractivity contribution in [1.82, 2.24) is 15.0 Å². The number of carbonyl (C=O) groups excluding carboxylic acids is 1. The molecule has 0 amide bonds. The van der Waals surface area contributed by atoms with Crippen molar-refractivity contribution in [2.75, 3.05) is 20.7 Å². The molecule has 94 valence electrons. The molecule has 0 bridgehead atoms. The molecule has 0 aliphatic rings. The number of unbranched alkanes of at least 4 members (excludes halogenated alkanes) is 1. The zero-order valence-corrected chi connectivity index (χ0v) is 10.3. The number of nitrogens with zero attached hydrogens (tertiary/aromatic N) is 4. The van der Waals surface area contributed by atoms with E-state index in [0.717, 1.165) is 19.4 Å². The Morgan fingerprint density at radius 2 is 2.41 bits per heavy atom. The monoisotopic (exact) mass is 239 g/mol. The van der Waals surface area contributed by atoms with Gasteiger partial charge in [-0.15, -0.1) is 5.11 Å². The highest BCUT2D eigenvalue weighted by Gasteiger charge is 2.14. The summed E-state index contributed by atoms with van der Waals surface area (Å²) in [6.45, 7) is 2.92. The first-order chi connectivity index (χ1) is 8.19. The number of carbonyl (C=O) groups is 1. The predicted molar refractivity (Wildman–Crippen MR) is 62.0 cm³/mol. The van der Waals surface area contributed by atoms with E-state index >= 15 is 0 Å². The van der Waals surface area contributed by atoms with E-state index in [1.807, 2.05) is 7.05 Å². The molecular weight excluding hydrogens is 222 g/mol. The van der Waals surface area contributed by atoms with Crippen LogP contribution in [0.3, 0.4) is 0 Å². The molecule has 0 fully saturated rings. The standard InChI is InChI=1S/C10H17N5O2/c1-4-5-6-15(2)14-13-9-8(10(16)17-3)11-7-12-9/h7H,4-6H2,1-3H3,(H,11,12)/b14-13+. The van der Waals surface area contributed by atoms with Crippen molar-refractivity contribution in [3.63, 3.8) is 0 Å². The number of nitrogens with one attached hydrogen (secondary N) is 1. The highest BCUT2D eigenvalue weighted by Crippen LogP contribution is 2.15. The van der Waals surface area contributed by atoms with Gasteiger partial charge in [-0.1, -0.05) is 18.6 Å². The van der Waals surface area contributed by atoms with Gasteiger partial charge < -0.3 is 9.72 Å². The van der Waals surface area contributed by atoms with Crippen molar-refractivity contribution in [2.24, 2.45) is 10.3 Å². The Hall–Kier alpha value is -1.92. The van der Waals surface area contributed by atoms with Crippen molar-refractivity contribution >= 4 is 11.8 Å². The lowest BCUT2D eigenvalue weighted by Gasteiger charge is -2.08. The smallest absolute Gasteiger partial charge is 0.358 e. The van der Waals surface area contributed by atoms with Gasteiger partial charge in [-0.05, 0) is 6.42 Å². The first-order valence-corrected chi connectivity index (χ1v) is 5.43. The van der Waals surface area contributed by atoms with Crippen molar-refractivity contribution in [2.45, 2.75) is 19.8 Å². The minimum atomic E-state index is -0.507. The van der Waals surface area contributed by atoms with Crippen molar-refractivity contribution < 1.29 is 9.53 Å². The average molecular weight is 239 g/mol. The molecule has 1 rings (SSSR count). The Balaban J connectivity index is 2.65. The number of imidazole rings is 1. The van der Waals surface area contributed by atoms with E-state index in [2.05, 4.69) is 32.0 Å². The maximum absolute atomic E-state index is 11.3. The summed E-state index contributed by atoms with van der Waals surface area (Å²) in [6.07, 6.45) is 3.52. The molecule has 7 heteroatoms. The lowest BCUT2D eigenvalue weighted by Crippen LogP contribution is -2.11. The molecule has 0 atom stereocenters. The molecule has 0 unspecified atom stereocenters. The second-order valence-corrected chi connectivity index (χ2v) is 3.52.